The summed E-state index contributed by atoms with van der Waals surface area (Å²) in [4.78, 5) is 13.1. The average molecular weight is 293 g/mol. The molecule has 1 aliphatic heterocycles. The van der Waals surface area contributed by atoms with Crippen LogP contribution in [0.4, 0.5) is 4.79 Å². The van der Waals surface area contributed by atoms with Crippen LogP contribution < -0.4 is 0 Å². The third-order valence-corrected chi connectivity index (χ3v) is 3.81. The quantitative estimate of drug-likeness (QED) is 0.828. The van der Waals surface area contributed by atoms with Gasteiger partial charge in [-0.2, -0.15) is 0 Å². The summed E-state index contributed by atoms with van der Waals surface area (Å²) in [5.41, 5.74) is -1.53. The molecule has 6 nitrogen and oxygen atoms in total. The number of β-amino-alcohol motifs (C(OH)–C–C–N with tert-alkyl or cyclic N) is 1. The van der Waals surface area contributed by atoms with E-state index >= 15 is 0 Å². The Labute approximate surface area is 114 Å². The Bertz CT molecular complexity index is 432. The Morgan fingerprint density at radius 1 is 1.37 bits per heavy atom. The molecule has 112 valence electrons. The Morgan fingerprint density at radius 2 is 1.89 bits per heavy atom. The fraction of sp³-hybridized carbons (Fsp3) is 0.917. The minimum absolute atomic E-state index is 0.0573. The lowest BCUT2D eigenvalue weighted by Gasteiger charge is -2.46. The second kappa shape index (κ2) is 5.28. The van der Waals surface area contributed by atoms with Crippen molar-refractivity contribution in [3.63, 3.8) is 0 Å². The summed E-state index contributed by atoms with van der Waals surface area (Å²) in [5, 5.41) is 10.1. The van der Waals surface area contributed by atoms with Crippen LogP contribution in [0.25, 0.3) is 0 Å². The number of aliphatic hydroxyl groups is 1. The molecule has 1 aliphatic rings. The molecule has 1 N–H and O–H groups in total. The zero-order valence-electron chi connectivity index (χ0n) is 12.0. The second-order valence-electron chi connectivity index (χ2n) is 6.29. The molecule has 1 heterocycles. The van der Waals surface area contributed by atoms with E-state index in [4.69, 9.17) is 4.74 Å². The monoisotopic (exact) mass is 293 g/mol. The number of likely N-dealkylation sites (tertiary alicyclic amines) is 1. The molecule has 1 fully saturated rings. The van der Waals surface area contributed by atoms with Crippen molar-refractivity contribution >= 4 is 15.9 Å². The molecule has 1 rings (SSSR count). The summed E-state index contributed by atoms with van der Waals surface area (Å²) in [7, 11) is -3.00. The van der Waals surface area contributed by atoms with Gasteiger partial charge in [0, 0.05) is 12.0 Å². The predicted octanol–water partition coefficient (Wildman–Crippen LogP) is 0.793. The minimum atomic E-state index is -3.00. The summed E-state index contributed by atoms with van der Waals surface area (Å²) in [6.07, 6.45) is 1.50. The standard InChI is InChI=1S/C12H23NO5S/c1-11(2,3)18-10(14)13-8-12(15,9-13)6-5-7-19(4,16)17/h15H,5-9H2,1-4H3. The van der Waals surface area contributed by atoms with Crippen LogP contribution in [-0.2, 0) is 14.6 Å². The van der Waals surface area contributed by atoms with E-state index in [9.17, 15) is 18.3 Å². The lowest BCUT2D eigenvalue weighted by atomic mass is 9.90. The third-order valence-electron chi connectivity index (χ3n) is 2.78. The molecule has 0 aromatic heterocycles. The van der Waals surface area contributed by atoms with Gasteiger partial charge in [0.1, 0.15) is 15.4 Å². The highest BCUT2D eigenvalue weighted by atomic mass is 32.2. The number of carbonyl (C=O) groups excluding carboxylic acids is 1. The van der Waals surface area contributed by atoms with Crippen LogP contribution in [0.15, 0.2) is 0 Å². The van der Waals surface area contributed by atoms with Crippen LogP contribution in [0.5, 0.6) is 0 Å². The molecule has 0 radical (unpaired) electrons. The molecule has 0 unspecified atom stereocenters. The summed E-state index contributed by atoms with van der Waals surface area (Å²) in [5.74, 6) is 0.0573. The Hall–Kier alpha value is -0.820. The van der Waals surface area contributed by atoms with Crippen molar-refractivity contribution in [2.45, 2.75) is 44.8 Å². The number of carbonyl (C=O) groups is 1. The average Bonchev–Trinajstić information content (AvgIpc) is 2.08. The molecule has 0 aliphatic carbocycles. The highest BCUT2D eigenvalue weighted by Gasteiger charge is 2.44. The molecule has 1 amide bonds. The van der Waals surface area contributed by atoms with Crippen molar-refractivity contribution in [3.8, 4) is 0 Å². The van der Waals surface area contributed by atoms with Crippen LogP contribution >= 0.6 is 0 Å². The van der Waals surface area contributed by atoms with Gasteiger partial charge in [0.15, 0.2) is 0 Å². The van der Waals surface area contributed by atoms with Gasteiger partial charge in [-0.15, -0.1) is 0 Å². The van der Waals surface area contributed by atoms with Crippen LogP contribution in [0, 0.1) is 0 Å². The van der Waals surface area contributed by atoms with Gasteiger partial charge in [-0.05, 0) is 33.6 Å². The normalized spacial score (nSPS) is 18.9. The summed E-state index contributed by atoms with van der Waals surface area (Å²) in [6.45, 7) is 5.74. The van der Waals surface area contributed by atoms with Crippen molar-refractivity contribution in [3.05, 3.63) is 0 Å². The Balaban J connectivity index is 2.33. The molecule has 0 aromatic carbocycles. The molecule has 19 heavy (non-hydrogen) atoms. The van der Waals surface area contributed by atoms with Gasteiger partial charge >= 0.3 is 6.09 Å². The smallest absolute Gasteiger partial charge is 0.410 e. The van der Waals surface area contributed by atoms with E-state index in [2.05, 4.69) is 0 Å². The van der Waals surface area contributed by atoms with Crippen molar-refractivity contribution in [2.75, 3.05) is 25.1 Å². The van der Waals surface area contributed by atoms with E-state index in [1.54, 1.807) is 20.8 Å². The first-order chi connectivity index (χ1) is 8.40. The second-order valence-corrected chi connectivity index (χ2v) is 8.55. The van der Waals surface area contributed by atoms with Crippen LogP contribution in [-0.4, -0.2) is 60.8 Å². The van der Waals surface area contributed by atoms with Crippen molar-refractivity contribution in [2.24, 2.45) is 0 Å². The largest absolute Gasteiger partial charge is 0.444 e. The van der Waals surface area contributed by atoms with E-state index in [1.165, 1.54) is 11.2 Å². The van der Waals surface area contributed by atoms with E-state index in [-0.39, 0.29) is 18.8 Å². The number of ether oxygens (including phenoxy) is 1. The van der Waals surface area contributed by atoms with Gasteiger partial charge in [-0.25, -0.2) is 13.2 Å². The zero-order chi connectivity index (χ0) is 14.9. The van der Waals surface area contributed by atoms with E-state index in [0.717, 1.165) is 0 Å². The minimum Gasteiger partial charge on any atom is -0.444 e. The maximum absolute atomic E-state index is 11.7. The molecule has 0 aromatic rings. The number of amides is 1. The molecule has 1 saturated heterocycles. The third kappa shape index (κ3) is 5.78. The number of sulfone groups is 1. The lowest BCUT2D eigenvalue weighted by Crippen LogP contribution is -2.64. The van der Waals surface area contributed by atoms with Crippen LogP contribution in [0.3, 0.4) is 0 Å². The maximum Gasteiger partial charge on any atom is 0.410 e. The molecular weight excluding hydrogens is 270 g/mol. The van der Waals surface area contributed by atoms with Gasteiger partial charge in [0.25, 0.3) is 0 Å². The van der Waals surface area contributed by atoms with E-state index < -0.39 is 27.1 Å². The Morgan fingerprint density at radius 3 is 2.32 bits per heavy atom. The first-order valence-electron chi connectivity index (χ1n) is 6.28. The zero-order valence-corrected chi connectivity index (χ0v) is 12.8. The topological polar surface area (TPSA) is 83.9 Å². The number of nitrogens with zero attached hydrogens (tertiary/aromatic N) is 1. The van der Waals surface area contributed by atoms with Gasteiger partial charge in [0.05, 0.1) is 18.7 Å². The molecule has 7 heteroatoms. The van der Waals surface area contributed by atoms with Crippen LogP contribution in [0.2, 0.25) is 0 Å². The summed E-state index contributed by atoms with van der Waals surface area (Å²) < 4.78 is 27.1. The summed E-state index contributed by atoms with van der Waals surface area (Å²) >= 11 is 0. The van der Waals surface area contributed by atoms with Crippen molar-refractivity contribution in [1.82, 2.24) is 4.90 Å². The van der Waals surface area contributed by atoms with Gasteiger partial charge < -0.3 is 14.7 Å². The number of rotatable bonds is 4. The van der Waals surface area contributed by atoms with E-state index in [0.29, 0.717) is 12.8 Å². The molecular formula is C12H23NO5S. The molecule has 0 spiro atoms. The Kier molecular flexibility index (Phi) is 4.51. The van der Waals surface area contributed by atoms with Crippen molar-refractivity contribution in [1.29, 1.82) is 0 Å². The van der Waals surface area contributed by atoms with Gasteiger partial charge in [0.2, 0.25) is 0 Å². The molecule has 0 bridgehead atoms. The highest BCUT2D eigenvalue weighted by Crippen LogP contribution is 2.27. The van der Waals surface area contributed by atoms with Gasteiger partial charge in [-0.3, -0.25) is 0 Å². The highest BCUT2D eigenvalue weighted by molar-refractivity contribution is 7.90. The first-order valence-corrected chi connectivity index (χ1v) is 8.34. The number of hydrogen-bond donors (Lipinski definition) is 1. The van der Waals surface area contributed by atoms with E-state index in [1.807, 2.05) is 0 Å². The SMILES string of the molecule is CC(C)(C)OC(=O)N1CC(O)(CCCS(C)(=O)=O)C1. The molecule has 0 atom stereocenters. The lowest BCUT2D eigenvalue weighted by molar-refractivity contribution is -0.102. The molecule has 0 saturated carbocycles. The van der Waals surface area contributed by atoms with Gasteiger partial charge in [-0.1, -0.05) is 0 Å². The fourth-order valence-corrected chi connectivity index (χ4v) is 2.61. The fourth-order valence-electron chi connectivity index (χ4n) is 1.94. The van der Waals surface area contributed by atoms with Crippen LogP contribution in [0.1, 0.15) is 33.6 Å². The number of hydrogen-bond acceptors (Lipinski definition) is 5. The predicted molar refractivity (Wildman–Crippen MR) is 71.7 cm³/mol. The summed E-state index contributed by atoms with van der Waals surface area (Å²) in [6, 6.07) is 0. The first kappa shape index (κ1) is 16.2. The van der Waals surface area contributed by atoms with Crippen molar-refractivity contribution < 1.29 is 23.1 Å². The maximum atomic E-state index is 11.7.